The zero-order valence-corrected chi connectivity index (χ0v) is 51.8. The Hall–Kier alpha value is -5.95. The van der Waals surface area contributed by atoms with Crippen molar-refractivity contribution >= 4 is 18.2 Å². The highest BCUT2D eigenvalue weighted by Gasteiger charge is 2.58. The van der Waals surface area contributed by atoms with Crippen molar-refractivity contribution in [3.8, 4) is 51.0 Å². The van der Waals surface area contributed by atoms with Crippen LogP contribution in [0.25, 0.3) is 22.3 Å². The summed E-state index contributed by atoms with van der Waals surface area (Å²) in [5.74, 6) is 2.65. The molecule has 12 rings (SSSR count). The lowest BCUT2D eigenvalue weighted by Crippen LogP contribution is -2.62. The number of hydroxylamine groups is 4. The fourth-order valence-electron chi connectivity index (χ4n) is 15.2. The maximum absolute atomic E-state index is 14.0. The lowest BCUT2D eigenvalue weighted by molar-refractivity contribution is -0.191. The second kappa shape index (κ2) is 27.0. The first-order valence-corrected chi connectivity index (χ1v) is 30.4. The number of nitrogens with zero attached hydrogens (tertiary/aromatic N) is 2. The van der Waals surface area contributed by atoms with E-state index >= 15 is 0 Å². The first-order chi connectivity index (χ1) is 41.5. The molecule has 21 heteroatoms. The summed E-state index contributed by atoms with van der Waals surface area (Å²) in [6, 6.07) is 18.7. The summed E-state index contributed by atoms with van der Waals surface area (Å²) in [5.41, 5.74) is 5.42. The number of hydrogen-bond donors (Lipinski definition) is 9. The molecule has 0 aromatic heterocycles. The summed E-state index contributed by atoms with van der Waals surface area (Å²) in [6.07, 6.45) is -0.102. The standard InChI is InChI=1S/C33H42N2O8.C32H44N2O8.CH4O/c1-17-24-11-22(33(24,3)4)12-25(17)34-32(39)29-28(18(2)38)27(15-37)43-35(29)13-19-7-6-8-23(30(19)40-5)20-9-21(14-36)31-26(10-20)41-16-42-31;1-17(24-9-18(2)32(24,4)5)13-33-30(37)28-27(19(3)36)26(15-35)42-34(28)14-20-7-6-8-21(10-20)22-11-23(31(38)39)29-25(12-22)40-16-41-29;1-2/h6-10,14,17-18,22,24-25,27-29,37-38H,11-13,15-16H2,1-5H3,(H,34,39);6-8,10-12,17-19,24,26-28,30,33,35-37H,9,13-16H2,1-5H3,(H,38,39);2H,1H3/t17-,18-,22+,24-,25-,27-,28+,29-;17-,18+,19+,24+,26+,27-,28+,30?;/m01./s1. The van der Waals surface area contributed by atoms with E-state index in [1.54, 1.807) is 49.3 Å². The lowest BCUT2D eigenvalue weighted by atomic mass is 9.45. The van der Waals surface area contributed by atoms with E-state index in [4.69, 9.17) is 38.5 Å². The fourth-order valence-corrected chi connectivity index (χ4v) is 15.2. The van der Waals surface area contributed by atoms with Crippen LogP contribution in [0.5, 0.6) is 28.7 Å². The van der Waals surface area contributed by atoms with Crippen molar-refractivity contribution in [3.05, 3.63) is 89.0 Å². The van der Waals surface area contributed by atoms with Gasteiger partial charge >= 0.3 is 5.97 Å². The number of aliphatic hydroxyl groups excluding tert-OH is 6. The Morgan fingerprint density at radius 1 is 0.759 bits per heavy atom. The molecule has 4 aliphatic heterocycles. The molecule has 1 amide bonds. The minimum atomic E-state index is -1.10. The Balaban J connectivity index is 0.000000202. The number of carbonyl (C=O) groups excluding carboxylic acids is 2. The summed E-state index contributed by atoms with van der Waals surface area (Å²) in [5, 5.41) is 79.7. The monoisotopic (exact) mass is 1210 g/mol. The number of carbonyl (C=O) groups is 3. The van der Waals surface area contributed by atoms with E-state index < -0.39 is 60.5 Å². The van der Waals surface area contributed by atoms with Crippen molar-refractivity contribution in [1.82, 2.24) is 20.8 Å². The number of methoxy groups -OCH3 is 1. The molecule has 0 spiro atoms. The van der Waals surface area contributed by atoms with E-state index in [2.05, 4.69) is 59.1 Å². The molecule has 21 nitrogen and oxygen atoms in total. The molecule has 87 heavy (non-hydrogen) atoms. The van der Waals surface area contributed by atoms with Crippen LogP contribution in [-0.2, 0) is 27.6 Å². The Morgan fingerprint density at radius 2 is 1.40 bits per heavy atom. The zero-order valence-electron chi connectivity index (χ0n) is 51.8. The molecule has 476 valence electrons. The number of carboxylic acids is 1. The number of para-hydroxylation sites is 1. The summed E-state index contributed by atoms with van der Waals surface area (Å²) < 4.78 is 27.7. The van der Waals surface area contributed by atoms with E-state index in [-0.39, 0.29) is 68.6 Å². The molecule has 2 saturated heterocycles. The molecule has 4 aliphatic carbocycles. The number of carboxylic acid groups (broad SMARTS) is 1. The van der Waals surface area contributed by atoms with Crippen molar-refractivity contribution in [2.45, 2.75) is 143 Å². The van der Waals surface area contributed by atoms with Crippen LogP contribution in [0.3, 0.4) is 0 Å². The number of nitrogens with one attached hydrogen (secondary N) is 2. The summed E-state index contributed by atoms with van der Waals surface area (Å²) in [4.78, 5) is 50.0. The number of amides is 1. The van der Waals surface area contributed by atoms with Gasteiger partial charge in [-0.2, -0.15) is 10.1 Å². The predicted molar refractivity (Wildman–Crippen MR) is 321 cm³/mol. The van der Waals surface area contributed by atoms with E-state index in [9.17, 15) is 45.0 Å². The molecule has 16 atom stereocenters. The highest BCUT2D eigenvalue weighted by atomic mass is 16.7. The second-order valence-electron chi connectivity index (χ2n) is 26.0. The van der Waals surface area contributed by atoms with Gasteiger partial charge in [-0.15, -0.1) is 0 Å². The molecule has 6 fully saturated rings. The third-order valence-corrected chi connectivity index (χ3v) is 20.6. The molecule has 4 aromatic carbocycles. The van der Waals surface area contributed by atoms with Gasteiger partial charge in [0.1, 0.15) is 35.8 Å². The van der Waals surface area contributed by atoms with Gasteiger partial charge in [-0.25, -0.2) is 4.79 Å². The van der Waals surface area contributed by atoms with Crippen LogP contribution in [0.15, 0.2) is 66.7 Å². The number of aliphatic hydroxyl groups is 6. The van der Waals surface area contributed by atoms with Crippen LogP contribution in [0.4, 0.5) is 0 Å². The normalized spacial score (nSPS) is 29.4. The predicted octanol–water partition coefficient (Wildman–Crippen LogP) is 6.65. The number of aldehydes is 1. The van der Waals surface area contributed by atoms with E-state index in [1.165, 1.54) is 12.8 Å². The number of rotatable bonds is 20. The number of hydrogen-bond acceptors (Lipinski definition) is 19. The topological polar surface area (TPSA) is 288 Å². The van der Waals surface area contributed by atoms with Crippen molar-refractivity contribution in [2.75, 3.05) is 47.6 Å². The zero-order chi connectivity index (χ0) is 63.0. The van der Waals surface area contributed by atoms with E-state index in [0.717, 1.165) is 42.1 Å². The van der Waals surface area contributed by atoms with Gasteiger partial charge in [-0.1, -0.05) is 84.9 Å². The fraction of sp³-hybridized carbons (Fsp3) is 0.591. The molecule has 1 unspecified atom stereocenters. The number of fused-ring (bicyclic) bond motifs is 4. The van der Waals surface area contributed by atoms with Crippen molar-refractivity contribution in [3.63, 3.8) is 0 Å². The molecule has 4 aromatic rings. The Bertz CT molecular complexity index is 3080. The van der Waals surface area contributed by atoms with Crippen LogP contribution in [0, 0.1) is 58.2 Å². The van der Waals surface area contributed by atoms with Gasteiger partial charge in [-0.3, -0.25) is 24.6 Å². The first-order valence-electron chi connectivity index (χ1n) is 30.4. The molecule has 0 radical (unpaired) electrons. The number of benzene rings is 4. The average Bonchev–Trinajstić information content (AvgIpc) is 1.48. The van der Waals surface area contributed by atoms with E-state index in [1.807, 2.05) is 48.5 Å². The molecular formula is C66H90N4O17. The Morgan fingerprint density at radius 3 is 2.01 bits per heavy atom. The number of ether oxygens (including phenoxy) is 5. The second-order valence-corrected chi connectivity index (χ2v) is 26.0. The highest BCUT2D eigenvalue weighted by Crippen LogP contribution is 2.61. The van der Waals surface area contributed by atoms with Gasteiger partial charge in [0.05, 0.1) is 50.7 Å². The van der Waals surface area contributed by atoms with Crippen LogP contribution < -0.4 is 34.3 Å². The minimum Gasteiger partial charge on any atom is -0.496 e. The number of aromatic carboxylic acids is 1. The molecular weight excluding hydrogens is 1120 g/mol. The first kappa shape index (κ1) is 65.5. The smallest absolute Gasteiger partial charge is 0.339 e. The summed E-state index contributed by atoms with van der Waals surface area (Å²) in [6.45, 7) is 19.7. The van der Waals surface area contributed by atoms with Crippen LogP contribution in [0.2, 0.25) is 0 Å². The van der Waals surface area contributed by atoms with Crippen molar-refractivity contribution in [1.29, 1.82) is 0 Å². The maximum atomic E-state index is 14.0. The largest absolute Gasteiger partial charge is 0.496 e. The van der Waals surface area contributed by atoms with Crippen LogP contribution in [0.1, 0.15) is 113 Å². The Kier molecular flexibility index (Phi) is 20.3. The van der Waals surface area contributed by atoms with Gasteiger partial charge in [0.25, 0.3) is 0 Å². The van der Waals surface area contributed by atoms with Crippen molar-refractivity contribution < 1.29 is 83.5 Å². The van der Waals surface area contributed by atoms with Crippen molar-refractivity contribution in [2.24, 2.45) is 58.2 Å². The van der Waals surface area contributed by atoms with Gasteiger partial charge in [0.15, 0.2) is 29.3 Å². The van der Waals surface area contributed by atoms with Crippen LogP contribution in [-0.4, -0.2) is 160 Å². The van der Waals surface area contributed by atoms with Gasteiger partial charge < -0.3 is 64.7 Å². The molecule has 4 heterocycles. The maximum Gasteiger partial charge on any atom is 0.339 e. The summed E-state index contributed by atoms with van der Waals surface area (Å²) in [7, 11) is 2.57. The van der Waals surface area contributed by atoms with Crippen LogP contribution >= 0.6 is 0 Å². The quantitative estimate of drug-likeness (QED) is 0.0330. The third-order valence-electron chi connectivity index (χ3n) is 20.6. The third kappa shape index (κ3) is 12.8. The SMILES string of the molecule is CO.COc1c(CN2O[C@@H](CO)[C@@H]([C@H](C)O)[C@H]2C(=O)N[C@H]2C[C@H]3C[C@@H]([C@@H]2C)C3(C)C)cccc1-c1cc(C=O)c2c(c1)OCO2.C[C@H](O)[C@@H]1[C@H](CO)ON(Cc2cccc(-c3cc4c(c(C(=O)O)c3)OCO4)c2)[C@@H]1C(O)NC[C@@H](C)[C@@H]1C[C@H](C)C1(C)C. The molecule has 8 aliphatic rings. The molecule has 4 saturated carbocycles. The van der Waals surface area contributed by atoms with Gasteiger partial charge in [0.2, 0.25) is 19.5 Å². The van der Waals surface area contributed by atoms with Gasteiger partial charge in [-0.05, 0) is 132 Å². The summed E-state index contributed by atoms with van der Waals surface area (Å²) >= 11 is 0. The lowest BCUT2D eigenvalue weighted by Gasteiger charge is -2.62. The van der Waals surface area contributed by atoms with E-state index in [0.29, 0.717) is 87.2 Å². The van der Waals surface area contributed by atoms with Gasteiger partial charge in [0, 0.05) is 49.2 Å². The molecule has 9 N–H and O–H groups in total. The highest BCUT2D eigenvalue weighted by molar-refractivity contribution is 5.94. The molecule has 2 bridgehead atoms. The average molecular weight is 1210 g/mol. The minimum absolute atomic E-state index is 0.0297. The Labute approximate surface area is 509 Å².